The number of hydrogen-bond donors (Lipinski definition) is 2. The Morgan fingerprint density at radius 2 is 2.50 bits per heavy atom. The van der Waals surface area contributed by atoms with E-state index in [2.05, 4.69) is 10.3 Å². The Bertz CT molecular complexity index is 303. The summed E-state index contributed by atoms with van der Waals surface area (Å²) in [6, 6.07) is 0.353. The van der Waals surface area contributed by atoms with E-state index in [9.17, 15) is 0 Å². The lowest BCUT2D eigenvalue weighted by atomic mass is 10.1. The summed E-state index contributed by atoms with van der Waals surface area (Å²) < 4.78 is 5.46. The van der Waals surface area contributed by atoms with Gasteiger partial charge in [0.2, 0.25) is 0 Å². The van der Waals surface area contributed by atoms with Crippen LogP contribution in [0.1, 0.15) is 36.2 Å². The fourth-order valence-electron chi connectivity index (χ4n) is 1.91. The molecular formula is C10H16N2O2. The Kier molecular flexibility index (Phi) is 2.84. The van der Waals surface area contributed by atoms with E-state index in [1.807, 2.05) is 6.92 Å². The second-order valence-electron chi connectivity index (χ2n) is 3.67. The molecule has 1 aromatic heterocycles. The fourth-order valence-corrected chi connectivity index (χ4v) is 1.91. The number of oxazole rings is 1. The molecule has 0 aromatic carbocycles. The van der Waals surface area contributed by atoms with Gasteiger partial charge in [-0.15, -0.1) is 0 Å². The molecule has 1 aliphatic heterocycles. The molecule has 0 amide bonds. The van der Waals surface area contributed by atoms with Gasteiger partial charge in [-0.25, -0.2) is 4.98 Å². The smallest absolute Gasteiger partial charge is 0.196 e. The Morgan fingerprint density at radius 1 is 1.64 bits per heavy atom. The summed E-state index contributed by atoms with van der Waals surface area (Å²) in [4.78, 5) is 4.39. The zero-order chi connectivity index (χ0) is 9.97. The van der Waals surface area contributed by atoms with E-state index in [0.717, 1.165) is 24.4 Å². The summed E-state index contributed by atoms with van der Waals surface area (Å²) in [5, 5.41) is 12.2. The van der Waals surface area contributed by atoms with Crippen molar-refractivity contribution < 1.29 is 9.52 Å². The summed E-state index contributed by atoms with van der Waals surface area (Å²) in [7, 11) is 0. The summed E-state index contributed by atoms with van der Waals surface area (Å²) in [5.41, 5.74) is 1.02. The molecule has 0 radical (unpaired) electrons. The molecule has 0 aliphatic carbocycles. The molecule has 0 bridgehead atoms. The van der Waals surface area contributed by atoms with Crippen LogP contribution < -0.4 is 5.32 Å². The van der Waals surface area contributed by atoms with Crippen molar-refractivity contribution in [2.45, 2.75) is 32.2 Å². The summed E-state index contributed by atoms with van der Waals surface area (Å²) in [5.74, 6) is 1.53. The van der Waals surface area contributed by atoms with Gasteiger partial charge in [0.15, 0.2) is 5.89 Å². The van der Waals surface area contributed by atoms with E-state index in [1.165, 1.54) is 6.42 Å². The van der Waals surface area contributed by atoms with Gasteiger partial charge >= 0.3 is 0 Å². The predicted molar refractivity (Wildman–Crippen MR) is 52.0 cm³/mol. The lowest BCUT2D eigenvalue weighted by Gasteiger charge is -2.05. The molecule has 2 rings (SSSR count). The second kappa shape index (κ2) is 4.11. The Morgan fingerprint density at radius 3 is 3.14 bits per heavy atom. The van der Waals surface area contributed by atoms with Crippen molar-refractivity contribution in [3.63, 3.8) is 0 Å². The zero-order valence-electron chi connectivity index (χ0n) is 8.42. The topological polar surface area (TPSA) is 58.3 Å². The number of nitrogens with one attached hydrogen (secondary N) is 1. The zero-order valence-corrected chi connectivity index (χ0v) is 8.42. The van der Waals surface area contributed by atoms with Crippen molar-refractivity contribution in [1.29, 1.82) is 0 Å². The predicted octanol–water partition coefficient (Wildman–Crippen LogP) is 0.942. The monoisotopic (exact) mass is 196 g/mol. The molecule has 4 heteroatoms. The minimum absolute atomic E-state index is 0.0947. The van der Waals surface area contributed by atoms with Crippen LogP contribution in [0.25, 0.3) is 0 Å². The van der Waals surface area contributed by atoms with Crippen molar-refractivity contribution in [2.24, 2.45) is 0 Å². The highest BCUT2D eigenvalue weighted by molar-refractivity contribution is 5.14. The quantitative estimate of drug-likeness (QED) is 0.755. The number of rotatable bonds is 3. The first-order valence-electron chi connectivity index (χ1n) is 5.11. The molecule has 2 N–H and O–H groups in total. The highest BCUT2D eigenvalue weighted by Gasteiger charge is 2.22. The number of nitrogens with zero attached hydrogens (tertiary/aromatic N) is 1. The number of aliphatic hydroxyl groups is 1. The van der Waals surface area contributed by atoms with Gasteiger partial charge < -0.3 is 14.8 Å². The van der Waals surface area contributed by atoms with Crippen LogP contribution in [0.3, 0.4) is 0 Å². The first-order valence-corrected chi connectivity index (χ1v) is 5.11. The van der Waals surface area contributed by atoms with E-state index in [0.29, 0.717) is 18.4 Å². The van der Waals surface area contributed by atoms with Crippen molar-refractivity contribution in [3.05, 3.63) is 17.3 Å². The molecule has 4 nitrogen and oxygen atoms in total. The lowest BCUT2D eigenvalue weighted by Crippen LogP contribution is -2.14. The van der Waals surface area contributed by atoms with Crippen molar-refractivity contribution >= 4 is 0 Å². The molecule has 1 unspecified atom stereocenters. The third-order valence-corrected chi connectivity index (χ3v) is 2.59. The van der Waals surface area contributed by atoms with E-state index in [-0.39, 0.29) is 6.61 Å². The maximum atomic E-state index is 8.77. The average Bonchev–Trinajstić information content (AvgIpc) is 2.74. The molecule has 1 aromatic rings. The van der Waals surface area contributed by atoms with E-state index < -0.39 is 0 Å². The number of aryl methyl sites for hydroxylation is 1. The Hall–Kier alpha value is -0.870. The largest absolute Gasteiger partial charge is 0.446 e. The Balaban J connectivity index is 2.15. The first kappa shape index (κ1) is 9.68. The van der Waals surface area contributed by atoms with Gasteiger partial charge in [-0.2, -0.15) is 0 Å². The van der Waals surface area contributed by atoms with Crippen LogP contribution in [0.4, 0.5) is 0 Å². The van der Waals surface area contributed by atoms with E-state index in [4.69, 9.17) is 9.52 Å². The van der Waals surface area contributed by atoms with E-state index in [1.54, 1.807) is 0 Å². The molecule has 14 heavy (non-hydrogen) atoms. The van der Waals surface area contributed by atoms with Crippen molar-refractivity contribution in [1.82, 2.24) is 10.3 Å². The van der Waals surface area contributed by atoms with Crippen LogP contribution in [-0.4, -0.2) is 23.2 Å². The lowest BCUT2D eigenvalue weighted by molar-refractivity contribution is 0.284. The van der Waals surface area contributed by atoms with Crippen LogP contribution in [0.15, 0.2) is 4.42 Å². The van der Waals surface area contributed by atoms with Crippen LogP contribution >= 0.6 is 0 Å². The molecule has 78 valence electrons. The SMILES string of the molecule is Cc1oc(CCO)nc1C1CCCN1. The maximum absolute atomic E-state index is 8.77. The van der Waals surface area contributed by atoms with Gasteiger partial charge in [-0.05, 0) is 26.3 Å². The highest BCUT2D eigenvalue weighted by Crippen LogP contribution is 2.25. The first-order chi connectivity index (χ1) is 6.81. The molecule has 0 spiro atoms. The molecular weight excluding hydrogens is 180 g/mol. The normalized spacial score (nSPS) is 21.7. The van der Waals surface area contributed by atoms with Crippen LogP contribution in [-0.2, 0) is 6.42 Å². The maximum Gasteiger partial charge on any atom is 0.196 e. The van der Waals surface area contributed by atoms with Crippen LogP contribution in [0.2, 0.25) is 0 Å². The van der Waals surface area contributed by atoms with Crippen molar-refractivity contribution in [2.75, 3.05) is 13.2 Å². The third kappa shape index (κ3) is 1.81. The number of hydrogen-bond acceptors (Lipinski definition) is 4. The van der Waals surface area contributed by atoms with Crippen molar-refractivity contribution in [3.8, 4) is 0 Å². The van der Waals surface area contributed by atoms with Gasteiger partial charge in [0.1, 0.15) is 5.76 Å². The molecule has 2 heterocycles. The average molecular weight is 196 g/mol. The van der Waals surface area contributed by atoms with Gasteiger partial charge in [-0.3, -0.25) is 0 Å². The standard InChI is InChI=1S/C10H16N2O2/c1-7-10(8-3-2-5-11-8)12-9(14-7)4-6-13/h8,11,13H,2-6H2,1H3. The summed E-state index contributed by atoms with van der Waals surface area (Å²) >= 11 is 0. The van der Waals surface area contributed by atoms with Gasteiger partial charge in [0, 0.05) is 6.42 Å². The molecule has 1 aliphatic rings. The molecule has 0 saturated carbocycles. The Labute approximate surface area is 83.3 Å². The minimum Gasteiger partial charge on any atom is -0.446 e. The fraction of sp³-hybridized carbons (Fsp3) is 0.700. The van der Waals surface area contributed by atoms with Crippen LogP contribution in [0.5, 0.6) is 0 Å². The molecule has 1 saturated heterocycles. The summed E-state index contributed by atoms with van der Waals surface area (Å²) in [6.45, 7) is 3.09. The van der Waals surface area contributed by atoms with E-state index >= 15 is 0 Å². The number of aliphatic hydroxyl groups excluding tert-OH is 1. The number of aromatic nitrogens is 1. The summed E-state index contributed by atoms with van der Waals surface area (Å²) in [6.07, 6.45) is 2.84. The van der Waals surface area contributed by atoms with Crippen LogP contribution in [0, 0.1) is 6.92 Å². The van der Waals surface area contributed by atoms with Gasteiger partial charge in [0.25, 0.3) is 0 Å². The molecule has 1 fully saturated rings. The third-order valence-electron chi connectivity index (χ3n) is 2.59. The van der Waals surface area contributed by atoms with Gasteiger partial charge in [0.05, 0.1) is 18.3 Å². The second-order valence-corrected chi connectivity index (χ2v) is 3.67. The molecule has 1 atom stereocenters. The highest BCUT2D eigenvalue weighted by atomic mass is 16.4. The minimum atomic E-state index is 0.0947. The van der Waals surface area contributed by atoms with Gasteiger partial charge in [-0.1, -0.05) is 0 Å².